The lowest BCUT2D eigenvalue weighted by Crippen LogP contribution is -2.48. The Hall–Kier alpha value is -2.39. The predicted octanol–water partition coefficient (Wildman–Crippen LogP) is 2.97. The third-order valence-electron chi connectivity index (χ3n) is 6.07. The van der Waals surface area contributed by atoms with Gasteiger partial charge in [0.25, 0.3) is 0 Å². The average molecular weight is 417 g/mol. The molecular weight excluding hydrogens is 392 g/mol. The molecule has 8 nitrogen and oxygen atoms in total. The molecule has 3 aromatic rings. The van der Waals surface area contributed by atoms with Gasteiger partial charge < -0.3 is 9.15 Å². The van der Waals surface area contributed by atoms with Crippen molar-refractivity contribution >= 4 is 20.9 Å². The van der Waals surface area contributed by atoms with E-state index in [0.717, 1.165) is 31.2 Å². The van der Waals surface area contributed by atoms with Gasteiger partial charge in [0.1, 0.15) is 22.4 Å². The number of aromatic nitrogens is 3. The summed E-state index contributed by atoms with van der Waals surface area (Å²) >= 11 is 0. The first-order chi connectivity index (χ1) is 13.9. The van der Waals surface area contributed by atoms with Crippen LogP contribution in [0.4, 0.5) is 0 Å². The maximum Gasteiger partial charge on any atom is 0.394 e. The molecule has 5 rings (SSSR count). The monoisotopic (exact) mass is 416 g/mol. The van der Waals surface area contributed by atoms with E-state index < -0.39 is 9.84 Å². The highest BCUT2D eigenvalue weighted by Crippen LogP contribution is 2.38. The van der Waals surface area contributed by atoms with Crippen molar-refractivity contribution in [3.05, 3.63) is 35.7 Å². The summed E-state index contributed by atoms with van der Waals surface area (Å²) in [7, 11) is -3.44. The van der Waals surface area contributed by atoms with Gasteiger partial charge >= 0.3 is 6.08 Å². The van der Waals surface area contributed by atoms with Gasteiger partial charge in [-0.3, -0.25) is 10.00 Å². The van der Waals surface area contributed by atoms with Crippen molar-refractivity contribution in [1.29, 1.82) is 0 Å². The fourth-order valence-corrected chi connectivity index (χ4v) is 6.79. The number of hydrogen-bond donors (Lipinski definition) is 1. The second-order valence-corrected chi connectivity index (χ2v) is 9.96. The highest BCUT2D eigenvalue weighted by atomic mass is 32.2. The van der Waals surface area contributed by atoms with Gasteiger partial charge in [0.05, 0.1) is 11.4 Å². The smallest absolute Gasteiger partial charge is 0.394 e. The van der Waals surface area contributed by atoms with Crippen molar-refractivity contribution in [1.82, 2.24) is 20.1 Å². The van der Waals surface area contributed by atoms with Gasteiger partial charge in [0.2, 0.25) is 0 Å². The fourth-order valence-electron chi connectivity index (χ4n) is 4.83. The number of oxazole rings is 1. The molecule has 0 aliphatic carbocycles. The van der Waals surface area contributed by atoms with E-state index >= 15 is 0 Å². The van der Waals surface area contributed by atoms with Crippen LogP contribution in [0.5, 0.6) is 6.08 Å². The molecule has 2 aromatic heterocycles. The highest BCUT2D eigenvalue weighted by molar-refractivity contribution is 7.91. The summed E-state index contributed by atoms with van der Waals surface area (Å²) in [6, 6.07) is 7.95. The third-order valence-corrected chi connectivity index (χ3v) is 7.94. The molecule has 0 spiro atoms. The number of aryl methyl sites for hydroxylation is 2. The molecule has 4 heterocycles. The van der Waals surface area contributed by atoms with Crippen LogP contribution in [-0.2, 0) is 9.84 Å². The van der Waals surface area contributed by atoms with Crippen LogP contribution < -0.4 is 4.74 Å². The topological polar surface area (TPSA) is 101 Å². The van der Waals surface area contributed by atoms with Gasteiger partial charge in [-0.05, 0) is 38.8 Å². The molecule has 2 aliphatic heterocycles. The van der Waals surface area contributed by atoms with E-state index in [1.165, 1.54) is 0 Å². The first-order valence-corrected chi connectivity index (χ1v) is 11.6. The Kier molecular flexibility index (Phi) is 4.40. The Morgan fingerprint density at radius 1 is 1.21 bits per heavy atom. The summed E-state index contributed by atoms with van der Waals surface area (Å²) in [5.41, 5.74) is 2.62. The van der Waals surface area contributed by atoms with Crippen molar-refractivity contribution in [2.75, 3.05) is 5.88 Å². The molecule has 2 bridgehead atoms. The van der Waals surface area contributed by atoms with Gasteiger partial charge in [0, 0.05) is 24.9 Å². The molecule has 0 radical (unpaired) electrons. The maximum absolute atomic E-state index is 13.0. The van der Waals surface area contributed by atoms with Gasteiger partial charge in [-0.1, -0.05) is 12.1 Å². The fraction of sp³-hybridized carbons (Fsp3) is 0.500. The van der Waals surface area contributed by atoms with Crippen LogP contribution in [0.2, 0.25) is 0 Å². The van der Waals surface area contributed by atoms with Crippen LogP contribution in [0.25, 0.3) is 11.1 Å². The number of hydrogen-bond acceptors (Lipinski definition) is 7. The zero-order valence-electron chi connectivity index (χ0n) is 16.5. The van der Waals surface area contributed by atoms with Gasteiger partial charge in [-0.25, -0.2) is 8.42 Å². The minimum absolute atomic E-state index is 0.0167. The van der Waals surface area contributed by atoms with Crippen LogP contribution in [-0.4, -0.2) is 52.6 Å². The van der Waals surface area contributed by atoms with Crippen LogP contribution >= 0.6 is 0 Å². The lowest BCUT2D eigenvalue weighted by Gasteiger charge is -2.37. The van der Waals surface area contributed by atoms with E-state index in [9.17, 15) is 8.42 Å². The summed E-state index contributed by atoms with van der Waals surface area (Å²) < 4.78 is 37.8. The maximum atomic E-state index is 13.0. The second-order valence-electron chi connectivity index (χ2n) is 8.06. The number of sulfone groups is 1. The van der Waals surface area contributed by atoms with Crippen LogP contribution in [0, 0.1) is 13.8 Å². The van der Waals surface area contributed by atoms with Crippen molar-refractivity contribution in [3.63, 3.8) is 0 Å². The Morgan fingerprint density at radius 3 is 2.59 bits per heavy atom. The van der Waals surface area contributed by atoms with Gasteiger partial charge in [-0.2, -0.15) is 10.1 Å². The lowest BCUT2D eigenvalue weighted by atomic mass is 10.0. The average Bonchev–Trinajstić information content (AvgIpc) is 3.29. The summed E-state index contributed by atoms with van der Waals surface area (Å²) in [4.78, 5) is 6.87. The van der Waals surface area contributed by atoms with E-state index in [1.807, 2.05) is 24.3 Å². The standard InChI is InChI=1S/C20H24N4O4S/c1-12-19(13(2)23-22-12)29(25,26)11-24-14-7-8-15(24)10-16(9-14)27-20-21-17-5-3-4-6-18(17)28-20/h3-6,14-16H,7-11H2,1-2H3,(H,22,23)/t14-,15+,16-. The van der Waals surface area contributed by atoms with Crippen LogP contribution in [0.15, 0.2) is 33.6 Å². The minimum atomic E-state index is -3.44. The number of nitrogens with zero attached hydrogens (tertiary/aromatic N) is 3. The largest absolute Gasteiger partial charge is 0.447 e. The second kappa shape index (κ2) is 6.84. The van der Waals surface area contributed by atoms with Crippen molar-refractivity contribution in [2.45, 2.75) is 62.6 Å². The molecule has 29 heavy (non-hydrogen) atoms. The van der Waals surface area contributed by atoms with Crippen LogP contribution in [0.3, 0.4) is 0 Å². The molecule has 1 aromatic carbocycles. The van der Waals surface area contributed by atoms with Crippen LogP contribution in [0.1, 0.15) is 37.1 Å². The zero-order chi connectivity index (χ0) is 20.2. The molecule has 0 saturated carbocycles. The number of benzene rings is 1. The molecular formula is C20H24N4O4S. The Balaban J connectivity index is 1.30. The van der Waals surface area contributed by atoms with E-state index in [-0.39, 0.29) is 24.1 Å². The number of ether oxygens (including phenoxy) is 1. The molecule has 154 valence electrons. The number of H-pyrrole nitrogens is 1. The number of nitrogens with one attached hydrogen (secondary N) is 1. The number of piperidine rings is 1. The minimum Gasteiger partial charge on any atom is -0.447 e. The zero-order valence-corrected chi connectivity index (χ0v) is 17.3. The summed E-state index contributed by atoms with van der Waals surface area (Å²) in [5, 5.41) is 6.82. The molecule has 2 fully saturated rings. The Labute approximate surface area is 169 Å². The first-order valence-electron chi connectivity index (χ1n) is 9.93. The van der Waals surface area contributed by atoms with E-state index in [2.05, 4.69) is 20.1 Å². The van der Waals surface area contributed by atoms with Crippen molar-refractivity contribution in [2.24, 2.45) is 0 Å². The van der Waals surface area contributed by atoms with Crippen molar-refractivity contribution in [3.8, 4) is 6.08 Å². The van der Waals surface area contributed by atoms with E-state index in [4.69, 9.17) is 9.15 Å². The summed E-state index contributed by atoms with van der Waals surface area (Å²) in [6.45, 7) is 3.48. The Bertz CT molecular complexity index is 1090. The number of para-hydroxylation sites is 2. The normalized spacial score (nSPS) is 25.0. The lowest BCUT2D eigenvalue weighted by molar-refractivity contribution is 0.0437. The molecule has 0 unspecified atom stereocenters. The van der Waals surface area contributed by atoms with Gasteiger partial charge in [-0.15, -0.1) is 0 Å². The molecule has 9 heteroatoms. The van der Waals surface area contributed by atoms with E-state index in [0.29, 0.717) is 27.9 Å². The Morgan fingerprint density at radius 2 is 1.93 bits per heavy atom. The number of aromatic amines is 1. The highest BCUT2D eigenvalue weighted by Gasteiger charge is 2.44. The van der Waals surface area contributed by atoms with E-state index in [1.54, 1.807) is 13.8 Å². The predicted molar refractivity (Wildman–Crippen MR) is 106 cm³/mol. The number of fused-ring (bicyclic) bond motifs is 3. The summed E-state index contributed by atoms with van der Waals surface area (Å²) in [5.74, 6) is 0.0269. The number of rotatable bonds is 5. The molecule has 0 amide bonds. The SMILES string of the molecule is Cc1n[nH]c(C)c1S(=O)(=O)CN1[C@@H]2CC[C@H]1C[C@H](Oc1nc3ccccc3o1)C2. The van der Waals surface area contributed by atoms with Gasteiger partial charge in [0.15, 0.2) is 15.4 Å². The first kappa shape index (κ1) is 18.6. The molecule has 3 atom stereocenters. The molecule has 1 N–H and O–H groups in total. The van der Waals surface area contributed by atoms with Crippen molar-refractivity contribution < 1.29 is 17.6 Å². The molecule has 2 saturated heterocycles. The molecule has 2 aliphatic rings. The quantitative estimate of drug-likeness (QED) is 0.682. The summed E-state index contributed by atoms with van der Waals surface area (Å²) in [6.07, 6.45) is 3.79. The third kappa shape index (κ3) is 3.32.